The molecule has 0 heterocycles. The number of aryl methyl sites for hydroxylation is 1. The molecule has 7 rings (SSSR count). The summed E-state index contributed by atoms with van der Waals surface area (Å²) in [6.07, 6.45) is 27.8. The second kappa shape index (κ2) is 35.9. The van der Waals surface area contributed by atoms with Crippen LogP contribution in [-0.2, 0) is 5.60 Å². The van der Waals surface area contributed by atoms with E-state index in [-0.39, 0.29) is 31.3 Å². The van der Waals surface area contributed by atoms with Crippen molar-refractivity contribution in [3.8, 4) is 0 Å². The van der Waals surface area contributed by atoms with Crippen LogP contribution in [0.5, 0.6) is 0 Å². The molecule has 7 nitrogen and oxygen atoms in total. The number of aliphatic hydroxyl groups excluding tert-OH is 5. The molecule has 12 unspecified atom stereocenters. The number of benzene rings is 1. The van der Waals surface area contributed by atoms with Crippen molar-refractivity contribution in [2.45, 2.75) is 223 Å². The van der Waals surface area contributed by atoms with E-state index in [2.05, 4.69) is 107 Å². The van der Waals surface area contributed by atoms with Gasteiger partial charge in [-0.15, -0.1) is 0 Å². The molecule has 0 amide bonds. The molecule has 2 saturated carbocycles. The summed E-state index contributed by atoms with van der Waals surface area (Å²) in [5.74, 6) is 5.98. The molecule has 0 aromatic heterocycles. The van der Waals surface area contributed by atoms with E-state index in [0.29, 0.717) is 59.0 Å². The molecule has 7 heteroatoms. The fourth-order valence-corrected chi connectivity index (χ4v) is 10.7. The van der Waals surface area contributed by atoms with E-state index >= 15 is 0 Å². The SMILES string of the molecule is C=C(C)C1CC=C(CO)CC1.C=C(C)C1CCC(C)C(O)C1.C=C(C)C1CCC(C)C=C1O.C=C(C)C1CCC(C)CC1O.C=C(CO)C1CC=C(C)CC1.CC(C)C1C=CC(C)(O)CC1.Cc1ccc(C(C)(C)O)cc1. The van der Waals surface area contributed by atoms with Crippen LogP contribution in [0, 0.1) is 66.1 Å². The number of rotatable bonds is 9. The van der Waals surface area contributed by atoms with Crippen LogP contribution >= 0.6 is 0 Å². The van der Waals surface area contributed by atoms with Crippen molar-refractivity contribution >= 4 is 0 Å². The Hall–Kier alpha value is -3.56. The summed E-state index contributed by atoms with van der Waals surface area (Å²) < 4.78 is 0. The van der Waals surface area contributed by atoms with E-state index in [0.717, 1.165) is 86.5 Å². The summed E-state index contributed by atoms with van der Waals surface area (Å²) in [7, 11) is 0. The highest BCUT2D eigenvalue weighted by atomic mass is 16.3. The normalized spacial score (nSPS) is 29.6. The Labute approximate surface area is 472 Å². The first kappa shape index (κ1) is 71.5. The van der Waals surface area contributed by atoms with Crippen molar-refractivity contribution in [3.63, 3.8) is 0 Å². The van der Waals surface area contributed by atoms with Crippen LogP contribution in [-0.4, -0.2) is 66.8 Å². The van der Waals surface area contributed by atoms with Crippen LogP contribution < -0.4 is 0 Å². The van der Waals surface area contributed by atoms with Gasteiger partial charge in [0.1, 0.15) is 0 Å². The molecule has 6 aliphatic rings. The Morgan fingerprint density at radius 3 is 1.71 bits per heavy atom. The van der Waals surface area contributed by atoms with Crippen molar-refractivity contribution in [2.24, 2.45) is 59.2 Å². The van der Waals surface area contributed by atoms with Crippen molar-refractivity contribution in [3.05, 3.63) is 143 Å². The van der Waals surface area contributed by atoms with E-state index in [9.17, 15) is 25.5 Å². The average Bonchev–Trinajstić information content (AvgIpc) is 3.35. The Balaban J connectivity index is 0.000000449. The minimum absolute atomic E-state index is 0.0922. The van der Waals surface area contributed by atoms with Crippen LogP contribution in [0.1, 0.15) is 204 Å². The van der Waals surface area contributed by atoms with Gasteiger partial charge in [-0.1, -0.05) is 150 Å². The van der Waals surface area contributed by atoms with Gasteiger partial charge < -0.3 is 35.7 Å². The zero-order valence-electron chi connectivity index (χ0n) is 51.5. The van der Waals surface area contributed by atoms with Gasteiger partial charge in [0.2, 0.25) is 0 Å². The maximum absolute atomic E-state index is 9.65. The maximum atomic E-state index is 9.65. The third-order valence-electron chi connectivity index (χ3n) is 17.0. The lowest BCUT2D eigenvalue weighted by Crippen LogP contribution is -2.28. The number of aliphatic hydroxyl groups is 7. The standard InChI is InChI=1S/C10H14O.3C10H18O.3C10H16O/c1-8-4-6-9(7-5-8)10(2,3)11;1-8(2)9-4-6-10(3,11)7-5-9;1-7(2)9-5-4-8(3)10(11)6-9;2*1-7(2)9-5-4-8(3)6-10(9)11;1-8-3-5-10(6-4-8)9(2)7-11;1-8(2)10-5-3-9(7-11)4-6-10/h4-7,11H,1-3H3;4,6,8-9,11H,5,7H2,1-3H3;2*8-11H,1,4-6H2,2-3H3;6,8-9,11H,1,4-5H2,2-3H3;3,10-11H,2,4-7H2,1H3;3,10-11H,1,4-7H2,2H3. The van der Waals surface area contributed by atoms with Crippen molar-refractivity contribution < 1.29 is 35.7 Å². The highest BCUT2D eigenvalue weighted by molar-refractivity contribution is 5.25. The highest BCUT2D eigenvalue weighted by Crippen LogP contribution is 2.35. The number of hydrogen-bond acceptors (Lipinski definition) is 7. The molecule has 0 saturated heterocycles. The fraction of sp³-hybridized carbons (Fsp3) is 0.657. The van der Waals surface area contributed by atoms with E-state index in [1.165, 1.54) is 66.4 Å². The molecule has 7 N–H and O–H groups in total. The summed E-state index contributed by atoms with van der Waals surface area (Å²) in [5, 5.41) is 65.5. The summed E-state index contributed by atoms with van der Waals surface area (Å²) in [4.78, 5) is 0. The Kier molecular flexibility index (Phi) is 33.3. The fourth-order valence-electron chi connectivity index (χ4n) is 10.7. The minimum atomic E-state index is -0.715. The molecule has 0 radical (unpaired) electrons. The monoisotopic (exact) mass is 1070 g/mol. The van der Waals surface area contributed by atoms with E-state index in [4.69, 9.17) is 10.2 Å². The molecule has 2 fully saturated rings. The van der Waals surface area contributed by atoms with Gasteiger partial charge in [0.15, 0.2) is 0 Å². The smallest absolute Gasteiger partial charge is 0.0956 e. The topological polar surface area (TPSA) is 142 Å². The largest absolute Gasteiger partial charge is 0.512 e. The molecular weight excluding hydrogens is 953 g/mol. The van der Waals surface area contributed by atoms with Crippen LogP contribution in [0.25, 0.3) is 0 Å². The van der Waals surface area contributed by atoms with Gasteiger partial charge in [0.25, 0.3) is 0 Å². The molecule has 6 aliphatic carbocycles. The molecule has 0 spiro atoms. The van der Waals surface area contributed by atoms with Crippen LogP contribution in [0.2, 0.25) is 0 Å². The Morgan fingerprint density at radius 1 is 0.701 bits per heavy atom. The van der Waals surface area contributed by atoms with Crippen molar-refractivity contribution in [1.29, 1.82) is 0 Å². The Bertz CT molecular complexity index is 2060. The summed E-state index contributed by atoms with van der Waals surface area (Å²) in [6, 6.07) is 7.92. The maximum Gasteiger partial charge on any atom is 0.0956 e. The number of hydrogen-bond donors (Lipinski definition) is 7. The molecule has 0 aliphatic heterocycles. The van der Waals surface area contributed by atoms with Gasteiger partial charge >= 0.3 is 0 Å². The molecular formula is C70H116O7. The highest BCUT2D eigenvalue weighted by Gasteiger charge is 2.28. The van der Waals surface area contributed by atoms with Gasteiger partial charge in [0.05, 0.1) is 42.4 Å². The van der Waals surface area contributed by atoms with Gasteiger partial charge in [-0.2, -0.15) is 0 Å². The predicted molar refractivity (Wildman–Crippen MR) is 330 cm³/mol. The molecule has 12 atom stereocenters. The van der Waals surface area contributed by atoms with Gasteiger partial charge in [0, 0.05) is 11.8 Å². The molecule has 438 valence electrons. The van der Waals surface area contributed by atoms with Crippen molar-refractivity contribution in [2.75, 3.05) is 13.2 Å². The van der Waals surface area contributed by atoms with Crippen LogP contribution in [0.15, 0.2) is 132 Å². The first-order valence-corrected chi connectivity index (χ1v) is 29.6. The van der Waals surface area contributed by atoms with Crippen LogP contribution in [0.3, 0.4) is 0 Å². The molecule has 0 bridgehead atoms. The van der Waals surface area contributed by atoms with E-state index < -0.39 is 11.2 Å². The van der Waals surface area contributed by atoms with Crippen LogP contribution in [0.4, 0.5) is 0 Å². The van der Waals surface area contributed by atoms with Gasteiger partial charge in [-0.3, -0.25) is 0 Å². The van der Waals surface area contributed by atoms with Crippen molar-refractivity contribution in [1.82, 2.24) is 0 Å². The van der Waals surface area contributed by atoms with E-state index in [1.54, 1.807) is 13.8 Å². The lowest BCUT2D eigenvalue weighted by molar-refractivity contribution is 0.0614. The second-order valence-corrected chi connectivity index (χ2v) is 25.6. The minimum Gasteiger partial charge on any atom is -0.512 e. The lowest BCUT2D eigenvalue weighted by atomic mass is 9.78. The third kappa shape index (κ3) is 28.9. The quantitative estimate of drug-likeness (QED) is 0.122. The Morgan fingerprint density at radius 2 is 1.30 bits per heavy atom. The molecule has 77 heavy (non-hydrogen) atoms. The second-order valence-electron chi connectivity index (χ2n) is 25.6. The first-order chi connectivity index (χ1) is 35.8. The lowest BCUT2D eigenvalue weighted by Gasteiger charge is -2.31. The summed E-state index contributed by atoms with van der Waals surface area (Å²) in [6.45, 7) is 48.6. The third-order valence-corrected chi connectivity index (χ3v) is 17.0. The predicted octanol–water partition coefficient (Wildman–Crippen LogP) is 16.9. The zero-order valence-corrected chi connectivity index (χ0v) is 51.5. The van der Waals surface area contributed by atoms with Gasteiger partial charge in [-0.25, -0.2) is 0 Å². The summed E-state index contributed by atoms with van der Waals surface area (Å²) >= 11 is 0. The molecule has 1 aromatic carbocycles. The summed E-state index contributed by atoms with van der Waals surface area (Å²) in [5.41, 5.74) is 9.33. The number of allylic oxidation sites excluding steroid dienone is 8. The molecule has 1 aromatic rings. The van der Waals surface area contributed by atoms with Gasteiger partial charge in [-0.05, 0) is 235 Å². The average molecular weight is 1070 g/mol. The first-order valence-electron chi connectivity index (χ1n) is 29.6. The van der Waals surface area contributed by atoms with E-state index in [1.807, 2.05) is 64.1 Å². The zero-order chi connectivity index (χ0) is 58.8.